The molecule has 6 heteroatoms. The van der Waals surface area contributed by atoms with Crippen LogP contribution in [0.4, 0.5) is 0 Å². The highest BCUT2D eigenvalue weighted by Gasteiger charge is 2.59. The maximum atomic E-state index is 12.7. The molecule has 4 rings (SSSR count). The number of likely N-dealkylation sites (N-methyl/N-ethyl adjacent to an activating group) is 1. The zero-order valence-electron chi connectivity index (χ0n) is 25.9. The molecule has 9 atom stereocenters. The third-order valence-corrected chi connectivity index (χ3v) is 12.6. The molecule has 3 saturated carbocycles. The molecule has 1 N–H and O–H groups in total. The van der Waals surface area contributed by atoms with Crippen molar-refractivity contribution in [2.45, 2.75) is 111 Å². The number of fused-ring (bicyclic) bond motifs is 5. The van der Waals surface area contributed by atoms with Crippen molar-refractivity contribution in [2.24, 2.45) is 46.3 Å². The topological polar surface area (TPSA) is 55.8 Å². The Morgan fingerprint density at radius 2 is 1.79 bits per heavy atom. The van der Waals surface area contributed by atoms with Crippen molar-refractivity contribution >= 4 is 7.82 Å². The number of phosphoric acid groups is 1. The number of hydrogen-bond donors (Lipinski definition) is 1. The molecule has 0 aromatic rings. The summed E-state index contributed by atoms with van der Waals surface area (Å²) in [4.78, 5) is 10.4. The fraction of sp³-hybridized carbons (Fsp3) is 0.938. The average molecular weight is 553 g/mol. The lowest BCUT2D eigenvalue weighted by molar-refractivity contribution is -0.870. The minimum atomic E-state index is -4.04. The predicted octanol–water partition coefficient (Wildman–Crippen LogP) is 8.24. The van der Waals surface area contributed by atoms with Gasteiger partial charge in [0.05, 0.1) is 27.2 Å². The second kappa shape index (κ2) is 11.6. The first kappa shape index (κ1) is 30.8. The van der Waals surface area contributed by atoms with Crippen LogP contribution >= 0.6 is 7.82 Å². The van der Waals surface area contributed by atoms with E-state index in [9.17, 15) is 9.46 Å². The molecule has 3 fully saturated rings. The van der Waals surface area contributed by atoms with E-state index in [-0.39, 0.29) is 18.1 Å². The highest BCUT2D eigenvalue weighted by molar-refractivity contribution is 7.47. The summed E-state index contributed by atoms with van der Waals surface area (Å²) >= 11 is 0. The second-order valence-electron chi connectivity index (χ2n) is 15.6. The van der Waals surface area contributed by atoms with Gasteiger partial charge in [0.15, 0.2) is 0 Å². The van der Waals surface area contributed by atoms with Crippen LogP contribution < -0.4 is 0 Å². The lowest BCUT2D eigenvalue weighted by Crippen LogP contribution is -2.51. The number of rotatable bonds is 11. The van der Waals surface area contributed by atoms with Crippen LogP contribution in [0.25, 0.3) is 0 Å². The molecule has 0 saturated heterocycles. The van der Waals surface area contributed by atoms with Crippen molar-refractivity contribution in [3.63, 3.8) is 0 Å². The van der Waals surface area contributed by atoms with Crippen LogP contribution in [0.1, 0.15) is 105 Å². The van der Waals surface area contributed by atoms with Crippen molar-refractivity contribution in [1.29, 1.82) is 0 Å². The van der Waals surface area contributed by atoms with Gasteiger partial charge in [-0.2, -0.15) is 0 Å². The van der Waals surface area contributed by atoms with Gasteiger partial charge >= 0.3 is 7.82 Å². The minimum Gasteiger partial charge on any atom is -0.329 e. The van der Waals surface area contributed by atoms with Crippen molar-refractivity contribution in [2.75, 3.05) is 34.3 Å². The van der Waals surface area contributed by atoms with Crippen molar-refractivity contribution in [3.8, 4) is 0 Å². The summed E-state index contributed by atoms with van der Waals surface area (Å²) in [6.07, 6.45) is 15.9. The van der Waals surface area contributed by atoms with Crippen LogP contribution in [-0.2, 0) is 13.6 Å². The Morgan fingerprint density at radius 3 is 2.47 bits per heavy atom. The fourth-order valence-electron chi connectivity index (χ4n) is 9.39. The SMILES string of the molecule is CC(C)CCC[C@@H](C)[C@H]1CCC2C3CC=C4CC(OP(=O)(O)OCC[N+](C)(C)C)CC[C@]4(C)C3CC[C@@]21C. The molecular formula is C32H59NO4P+. The van der Waals surface area contributed by atoms with E-state index < -0.39 is 7.82 Å². The van der Waals surface area contributed by atoms with E-state index in [1.54, 1.807) is 0 Å². The summed E-state index contributed by atoms with van der Waals surface area (Å²) in [6.45, 7) is 13.3. The quantitative estimate of drug-likeness (QED) is 0.159. The average Bonchev–Trinajstić information content (AvgIpc) is 3.15. The molecule has 5 nitrogen and oxygen atoms in total. The monoisotopic (exact) mass is 552 g/mol. The number of allylic oxidation sites excluding steroid dienone is 1. The smallest absolute Gasteiger partial charge is 0.329 e. The highest BCUT2D eigenvalue weighted by atomic mass is 31.2. The maximum Gasteiger partial charge on any atom is 0.472 e. The molecule has 0 bridgehead atoms. The summed E-state index contributed by atoms with van der Waals surface area (Å²) in [6, 6.07) is 0. The molecule has 38 heavy (non-hydrogen) atoms. The number of quaternary nitrogens is 1. The molecule has 4 aliphatic rings. The number of nitrogens with zero attached hydrogens (tertiary/aromatic N) is 1. The first-order chi connectivity index (χ1) is 17.6. The van der Waals surface area contributed by atoms with Crippen LogP contribution in [-0.4, -0.2) is 49.8 Å². The van der Waals surface area contributed by atoms with Gasteiger partial charge in [-0.25, -0.2) is 4.57 Å². The van der Waals surface area contributed by atoms with Gasteiger partial charge in [0.2, 0.25) is 0 Å². The van der Waals surface area contributed by atoms with Gasteiger partial charge in [-0.3, -0.25) is 9.05 Å². The molecule has 0 aromatic heterocycles. The number of hydrogen-bond acceptors (Lipinski definition) is 3. The third-order valence-electron chi connectivity index (χ3n) is 11.6. The molecule has 0 aliphatic heterocycles. The first-order valence-electron chi connectivity index (χ1n) is 15.8. The minimum absolute atomic E-state index is 0.217. The predicted molar refractivity (Wildman–Crippen MR) is 157 cm³/mol. The molecule has 0 heterocycles. The zero-order valence-corrected chi connectivity index (χ0v) is 26.8. The first-order valence-corrected chi connectivity index (χ1v) is 17.3. The Bertz CT molecular complexity index is 896. The Balaban J connectivity index is 1.38. The van der Waals surface area contributed by atoms with Crippen LogP contribution in [0.15, 0.2) is 11.6 Å². The van der Waals surface area contributed by atoms with E-state index in [4.69, 9.17) is 9.05 Å². The molecule has 0 aromatic carbocycles. The highest BCUT2D eigenvalue weighted by Crippen LogP contribution is 2.67. The lowest BCUT2D eigenvalue weighted by atomic mass is 9.47. The Hall–Kier alpha value is -0.190. The Morgan fingerprint density at radius 1 is 1.05 bits per heavy atom. The van der Waals surface area contributed by atoms with E-state index in [1.807, 2.05) is 21.1 Å². The van der Waals surface area contributed by atoms with Gasteiger partial charge in [0.1, 0.15) is 13.2 Å². The molecule has 4 aliphatic carbocycles. The Labute approximate surface area is 234 Å². The largest absolute Gasteiger partial charge is 0.472 e. The van der Waals surface area contributed by atoms with Gasteiger partial charge in [-0.15, -0.1) is 0 Å². The van der Waals surface area contributed by atoms with Gasteiger partial charge in [0.25, 0.3) is 0 Å². The summed E-state index contributed by atoms with van der Waals surface area (Å²) in [5.74, 6) is 4.96. The van der Waals surface area contributed by atoms with Crippen molar-refractivity contribution in [3.05, 3.63) is 11.6 Å². The van der Waals surface area contributed by atoms with Crippen molar-refractivity contribution < 1.29 is 23.0 Å². The van der Waals surface area contributed by atoms with Crippen molar-refractivity contribution in [1.82, 2.24) is 0 Å². The molecule has 5 unspecified atom stereocenters. The van der Waals surface area contributed by atoms with E-state index >= 15 is 0 Å². The van der Waals surface area contributed by atoms with E-state index in [2.05, 4.69) is 40.7 Å². The van der Waals surface area contributed by atoms with E-state index in [0.717, 1.165) is 54.8 Å². The van der Waals surface area contributed by atoms with Crippen LogP contribution in [0.3, 0.4) is 0 Å². The Kier molecular flexibility index (Phi) is 9.38. The molecule has 0 spiro atoms. The standard InChI is InChI=1S/C32H58NO4P/c1-23(2)10-9-11-24(3)28-14-15-29-27-13-12-25-22-26(37-38(34,35)36-21-20-33(6,7)8)16-18-31(25,4)30(27)17-19-32(28,29)5/h12,23-24,26-30H,9-11,13-22H2,1-8H3/p+1/t24-,26?,27?,28-,29?,30?,31+,32-/m1/s1. The van der Waals surface area contributed by atoms with E-state index in [1.165, 1.54) is 56.9 Å². The molecule has 0 amide bonds. The zero-order chi connectivity index (χ0) is 27.9. The van der Waals surface area contributed by atoms with Crippen LogP contribution in [0.2, 0.25) is 0 Å². The summed E-state index contributed by atoms with van der Waals surface area (Å²) in [7, 11) is 2.10. The van der Waals surface area contributed by atoms with Gasteiger partial charge < -0.3 is 9.38 Å². The normalized spacial score (nSPS) is 39.6. The van der Waals surface area contributed by atoms with Gasteiger partial charge in [-0.1, -0.05) is 65.5 Å². The molecular weight excluding hydrogens is 493 g/mol. The maximum absolute atomic E-state index is 12.7. The number of phosphoric ester groups is 1. The lowest BCUT2D eigenvalue weighted by Gasteiger charge is -2.58. The summed E-state index contributed by atoms with van der Waals surface area (Å²) in [5.41, 5.74) is 2.21. The van der Waals surface area contributed by atoms with Crippen LogP contribution in [0.5, 0.6) is 0 Å². The summed E-state index contributed by atoms with van der Waals surface area (Å²) in [5, 5.41) is 0. The molecule has 220 valence electrons. The second-order valence-corrected chi connectivity index (χ2v) is 17.0. The third kappa shape index (κ3) is 6.64. The summed E-state index contributed by atoms with van der Waals surface area (Å²) < 4.78 is 24.4. The van der Waals surface area contributed by atoms with Gasteiger partial charge in [0, 0.05) is 0 Å². The van der Waals surface area contributed by atoms with Gasteiger partial charge in [-0.05, 0) is 97.7 Å². The molecule has 0 radical (unpaired) electrons. The fourth-order valence-corrected chi connectivity index (χ4v) is 10.3. The van der Waals surface area contributed by atoms with E-state index in [0.29, 0.717) is 16.4 Å². The van der Waals surface area contributed by atoms with Crippen LogP contribution in [0, 0.1) is 46.3 Å².